The van der Waals surface area contributed by atoms with Crippen LogP contribution in [0.5, 0.6) is 0 Å². The number of aromatic nitrogens is 1. The minimum absolute atomic E-state index is 0.181. The lowest BCUT2D eigenvalue weighted by atomic mass is 9.78. The van der Waals surface area contributed by atoms with E-state index in [2.05, 4.69) is 43.6 Å². The number of pyridine rings is 1. The number of Topliss-reactive ketones (excluding diaryl/α,β-unsaturated/α-hetero) is 1. The van der Waals surface area contributed by atoms with Crippen molar-refractivity contribution in [2.75, 3.05) is 32.8 Å². The van der Waals surface area contributed by atoms with Crippen LogP contribution in [0, 0.1) is 0 Å². The summed E-state index contributed by atoms with van der Waals surface area (Å²) in [6, 6.07) is 8.13. The smallest absolute Gasteiger partial charge is 0.399 e. The summed E-state index contributed by atoms with van der Waals surface area (Å²) in [4.78, 5) is 19.1. The van der Waals surface area contributed by atoms with Gasteiger partial charge in [-0.05, 0) is 50.0 Å². The van der Waals surface area contributed by atoms with Gasteiger partial charge < -0.3 is 14.0 Å². The maximum absolute atomic E-state index is 12.5. The molecule has 6 nitrogen and oxygen atoms in total. The predicted molar refractivity (Wildman–Crippen MR) is 113 cm³/mol. The number of benzene rings is 1. The first-order valence-electron chi connectivity index (χ1n) is 10.3. The third-order valence-electron chi connectivity index (χ3n) is 6.21. The van der Waals surface area contributed by atoms with Gasteiger partial charge in [-0.15, -0.1) is 0 Å². The summed E-state index contributed by atoms with van der Waals surface area (Å²) in [5.74, 6) is 0.181. The Morgan fingerprint density at radius 3 is 2.45 bits per heavy atom. The van der Waals surface area contributed by atoms with E-state index in [1.165, 1.54) is 0 Å². The maximum atomic E-state index is 12.5. The van der Waals surface area contributed by atoms with Crippen LogP contribution in [-0.2, 0) is 25.3 Å². The van der Waals surface area contributed by atoms with Gasteiger partial charge in [0.25, 0.3) is 0 Å². The molecule has 2 aliphatic rings. The van der Waals surface area contributed by atoms with E-state index >= 15 is 0 Å². The summed E-state index contributed by atoms with van der Waals surface area (Å²) >= 11 is 0. The first-order valence-corrected chi connectivity index (χ1v) is 10.3. The fraction of sp³-hybridized carbons (Fsp3) is 0.545. The summed E-state index contributed by atoms with van der Waals surface area (Å²) in [7, 11) is -0.399. The van der Waals surface area contributed by atoms with E-state index in [0.717, 1.165) is 35.0 Å². The third kappa shape index (κ3) is 4.38. The molecule has 0 spiro atoms. The van der Waals surface area contributed by atoms with Crippen molar-refractivity contribution in [2.24, 2.45) is 0 Å². The van der Waals surface area contributed by atoms with Gasteiger partial charge in [0, 0.05) is 25.0 Å². The molecular weight excluding hydrogens is 367 g/mol. The molecule has 0 saturated carbocycles. The normalized spacial score (nSPS) is 21.6. The van der Waals surface area contributed by atoms with Crippen molar-refractivity contribution in [3.05, 3.63) is 36.2 Å². The van der Waals surface area contributed by atoms with Crippen LogP contribution in [0.25, 0.3) is 10.8 Å². The molecule has 2 fully saturated rings. The number of carbonyl (C=O) groups excluding carboxylic acids is 1. The summed E-state index contributed by atoms with van der Waals surface area (Å²) in [6.07, 6.45) is 2.18. The molecule has 0 aliphatic carbocycles. The van der Waals surface area contributed by atoms with Crippen LogP contribution in [0.3, 0.4) is 0 Å². The van der Waals surface area contributed by atoms with Crippen LogP contribution in [0.15, 0.2) is 30.5 Å². The van der Waals surface area contributed by atoms with Gasteiger partial charge in [0.05, 0.1) is 37.4 Å². The van der Waals surface area contributed by atoms with Crippen LogP contribution >= 0.6 is 0 Å². The molecular formula is C22H29BN2O4. The van der Waals surface area contributed by atoms with E-state index in [9.17, 15) is 4.79 Å². The zero-order chi connectivity index (χ0) is 20.6. The monoisotopic (exact) mass is 396 g/mol. The molecule has 1 aromatic heterocycles. The molecule has 0 bridgehead atoms. The highest BCUT2D eigenvalue weighted by atomic mass is 16.7. The zero-order valence-corrected chi connectivity index (χ0v) is 17.7. The minimum Gasteiger partial charge on any atom is -0.399 e. The Kier molecular flexibility index (Phi) is 5.51. The third-order valence-corrected chi connectivity index (χ3v) is 6.21. The number of fused-ring (bicyclic) bond motifs is 1. The number of morpholine rings is 1. The Labute approximate surface area is 172 Å². The molecule has 0 radical (unpaired) electrons. The molecule has 2 aromatic rings. The van der Waals surface area contributed by atoms with E-state index in [1.54, 1.807) is 0 Å². The Hall–Kier alpha value is -1.80. The molecule has 0 unspecified atom stereocenters. The fourth-order valence-corrected chi connectivity index (χ4v) is 3.69. The quantitative estimate of drug-likeness (QED) is 0.721. The van der Waals surface area contributed by atoms with Gasteiger partial charge in [-0.25, -0.2) is 0 Å². The summed E-state index contributed by atoms with van der Waals surface area (Å²) < 4.78 is 17.7. The van der Waals surface area contributed by atoms with E-state index in [4.69, 9.17) is 14.0 Å². The van der Waals surface area contributed by atoms with Crippen molar-refractivity contribution in [3.8, 4) is 0 Å². The van der Waals surface area contributed by atoms with Crippen molar-refractivity contribution in [2.45, 2.75) is 45.3 Å². The maximum Gasteiger partial charge on any atom is 0.494 e. The van der Waals surface area contributed by atoms with Crippen molar-refractivity contribution in [1.29, 1.82) is 0 Å². The molecule has 2 aliphatic heterocycles. The summed E-state index contributed by atoms with van der Waals surface area (Å²) in [5, 5.41) is 2.08. The molecule has 0 atom stereocenters. The number of rotatable bonds is 5. The van der Waals surface area contributed by atoms with Gasteiger partial charge in [0.1, 0.15) is 0 Å². The molecule has 154 valence electrons. The second-order valence-corrected chi connectivity index (χ2v) is 8.97. The summed E-state index contributed by atoms with van der Waals surface area (Å²) in [6.45, 7) is 11.7. The Morgan fingerprint density at radius 1 is 1.07 bits per heavy atom. The lowest BCUT2D eigenvalue weighted by molar-refractivity contribution is -0.120. The van der Waals surface area contributed by atoms with E-state index in [-0.39, 0.29) is 17.0 Å². The molecule has 4 rings (SSSR count). The van der Waals surface area contributed by atoms with Crippen LogP contribution in [0.1, 0.15) is 33.4 Å². The average Bonchev–Trinajstić information content (AvgIpc) is 2.89. The number of nitrogens with zero attached hydrogens (tertiary/aromatic N) is 2. The summed E-state index contributed by atoms with van der Waals surface area (Å²) in [5.41, 5.74) is 1.03. The second-order valence-electron chi connectivity index (χ2n) is 8.97. The molecule has 1 aromatic carbocycles. The van der Waals surface area contributed by atoms with E-state index < -0.39 is 7.12 Å². The number of carbonyl (C=O) groups is 1. The fourth-order valence-electron chi connectivity index (χ4n) is 3.69. The number of ketones is 1. The first kappa shape index (κ1) is 20.5. The van der Waals surface area contributed by atoms with Crippen LogP contribution in [0.2, 0.25) is 0 Å². The average molecular weight is 396 g/mol. The Balaban J connectivity index is 1.49. The molecule has 2 saturated heterocycles. The number of ether oxygens (including phenoxy) is 1. The second kappa shape index (κ2) is 7.80. The number of hydrogen-bond donors (Lipinski definition) is 0. The van der Waals surface area contributed by atoms with Gasteiger partial charge in [0.15, 0.2) is 5.78 Å². The van der Waals surface area contributed by atoms with E-state index in [1.807, 2.05) is 24.4 Å². The Morgan fingerprint density at radius 2 is 1.76 bits per heavy atom. The molecule has 0 N–H and O–H groups in total. The van der Waals surface area contributed by atoms with Crippen LogP contribution in [0.4, 0.5) is 0 Å². The van der Waals surface area contributed by atoms with Crippen molar-refractivity contribution in [1.82, 2.24) is 9.88 Å². The largest absolute Gasteiger partial charge is 0.494 e. The van der Waals surface area contributed by atoms with Crippen molar-refractivity contribution in [3.63, 3.8) is 0 Å². The zero-order valence-electron chi connectivity index (χ0n) is 17.7. The minimum atomic E-state index is -0.399. The van der Waals surface area contributed by atoms with Gasteiger partial charge in [-0.2, -0.15) is 0 Å². The lowest BCUT2D eigenvalue weighted by Gasteiger charge is -2.32. The van der Waals surface area contributed by atoms with Gasteiger partial charge >= 0.3 is 7.12 Å². The van der Waals surface area contributed by atoms with Gasteiger partial charge in [-0.3, -0.25) is 14.7 Å². The lowest BCUT2D eigenvalue weighted by Crippen LogP contribution is -2.41. The SMILES string of the molecule is CC1(C)OB(c2ccc3cnc(CC(=O)CN4CCOCC4)cc3c2)OC1(C)C. The highest BCUT2D eigenvalue weighted by molar-refractivity contribution is 6.62. The number of hydrogen-bond acceptors (Lipinski definition) is 6. The van der Waals surface area contributed by atoms with Crippen molar-refractivity contribution >= 4 is 29.1 Å². The highest BCUT2D eigenvalue weighted by Gasteiger charge is 2.51. The van der Waals surface area contributed by atoms with Crippen molar-refractivity contribution < 1.29 is 18.8 Å². The molecule has 3 heterocycles. The predicted octanol–water partition coefficient (Wildman–Crippen LogP) is 1.98. The molecule has 0 amide bonds. The molecule has 7 heteroatoms. The first-order chi connectivity index (χ1) is 13.7. The Bertz CT molecular complexity index is 893. The van der Waals surface area contributed by atoms with Crippen LogP contribution in [-0.4, -0.2) is 66.8 Å². The van der Waals surface area contributed by atoms with E-state index in [0.29, 0.717) is 26.2 Å². The highest BCUT2D eigenvalue weighted by Crippen LogP contribution is 2.36. The topological polar surface area (TPSA) is 60.9 Å². The standard InChI is InChI=1S/C22H29BN2O4/c1-21(2)22(3,4)29-23(28-21)18-6-5-16-14-24-19(12-17(16)11-18)13-20(26)15-25-7-9-27-10-8-25/h5-6,11-12,14H,7-10,13,15H2,1-4H3. The van der Waals surface area contributed by atoms with Gasteiger partial charge in [0.2, 0.25) is 0 Å². The van der Waals surface area contributed by atoms with Gasteiger partial charge in [-0.1, -0.05) is 18.2 Å². The van der Waals surface area contributed by atoms with Crippen LogP contribution < -0.4 is 5.46 Å². The molecule has 29 heavy (non-hydrogen) atoms.